The average molecular weight is 467 g/mol. The van der Waals surface area contributed by atoms with E-state index in [4.69, 9.17) is 0 Å². The third-order valence-corrected chi connectivity index (χ3v) is 6.96. The van der Waals surface area contributed by atoms with Crippen LogP contribution in [0.25, 0.3) is 0 Å². The predicted octanol–water partition coefficient (Wildman–Crippen LogP) is 1.57. The summed E-state index contributed by atoms with van der Waals surface area (Å²) in [5.41, 5.74) is 1.52. The van der Waals surface area contributed by atoms with Crippen LogP contribution in [0.3, 0.4) is 0 Å². The Morgan fingerprint density at radius 3 is 2.50 bits per heavy atom. The van der Waals surface area contributed by atoms with Gasteiger partial charge in [0.15, 0.2) is 5.69 Å². The Morgan fingerprint density at radius 1 is 1.09 bits per heavy atom. The number of likely N-dealkylation sites (N-methyl/N-ethyl adjacent to an activating group) is 1. The Bertz CT molecular complexity index is 1060. The lowest BCUT2D eigenvalue weighted by Crippen LogP contribution is -2.62. The van der Waals surface area contributed by atoms with Crippen LogP contribution in [0.2, 0.25) is 0 Å². The van der Waals surface area contributed by atoms with Crippen LogP contribution in [0, 0.1) is 6.92 Å². The summed E-state index contributed by atoms with van der Waals surface area (Å²) >= 11 is 0. The molecule has 2 aromatic rings. The first-order valence-electron chi connectivity index (χ1n) is 12.0. The van der Waals surface area contributed by atoms with Crippen LogP contribution in [0.5, 0.6) is 0 Å². The highest BCUT2D eigenvalue weighted by atomic mass is 16.2. The number of aromatic nitrogens is 2. The van der Waals surface area contributed by atoms with Crippen molar-refractivity contribution in [3.8, 4) is 0 Å². The number of piperidine rings is 1. The molecule has 1 saturated heterocycles. The lowest BCUT2D eigenvalue weighted by molar-refractivity contribution is -0.132. The van der Waals surface area contributed by atoms with Gasteiger partial charge in [0.1, 0.15) is 11.2 Å². The summed E-state index contributed by atoms with van der Waals surface area (Å²) in [6.45, 7) is 7.75. The molecule has 34 heavy (non-hydrogen) atoms. The fraction of sp³-hybridized carbons (Fsp3) is 0.520. The van der Waals surface area contributed by atoms with Gasteiger partial charge in [-0.25, -0.2) is 0 Å². The maximum atomic E-state index is 13.1. The van der Waals surface area contributed by atoms with Gasteiger partial charge in [0.25, 0.3) is 11.8 Å². The maximum absolute atomic E-state index is 13.1. The number of hydrogen-bond acceptors (Lipinski definition) is 5. The van der Waals surface area contributed by atoms with Crippen LogP contribution < -0.4 is 10.6 Å². The number of aryl methyl sites for hydroxylation is 1. The number of likely N-dealkylation sites (tertiary alicyclic amines) is 1. The molecule has 2 aliphatic rings. The number of amides is 3. The molecule has 2 N–H and O–H groups in total. The Balaban J connectivity index is 1.39. The smallest absolute Gasteiger partial charge is 0.272 e. The third-order valence-electron chi connectivity index (χ3n) is 6.96. The second kappa shape index (κ2) is 9.97. The summed E-state index contributed by atoms with van der Waals surface area (Å²) in [7, 11) is 1.61. The average Bonchev–Trinajstić information content (AvgIpc) is 3.26. The highest BCUT2D eigenvalue weighted by Crippen LogP contribution is 2.26. The molecular formula is C25H34N6O3. The molecule has 3 amide bonds. The predicted molar refractivity (Wildman–Crippen MR) is 128 cm³/mol. The van der Waals surface area contributed by atoms with Crippen molar-refractivity contribution >= 4 is 17.7 Å². The molecule has 4 rings (SSSR count). The van der Waals surface area contributed by atoms with E-state index in [2.05, 4.69) is 20.6 Å². The Hall–Kier alpha value is -3.20. The Morgan fingerprint density at radius 2 is 1.79 bits per heavy atom. The van der Waals surface area contributed by atoms with Gasteiger partial charge >= 0.3 is 0 Å². The molecule has 0 bridgehead atoms. The summed E-state index contributed by atoms with van der Waals surface area (Å²) < 4.78 is 1.48. The molecule has 9 heteroatoms. The molecule has 1 aromatic heterocycles. The molecule has 9 nitrogen and oxygen atoms in total. The minimum Gasteiger partial charge on any atom is -0.350 e. The SMILES string of the molecule is Cc1ccc(CNC(=O)C2(C)Cn3nc(C(=O)NCCN4CCCCC4)cc3C(=O)N2C)cc1. The fourth-order valence-corrected chi connectivity index (χ4v) is 4.52. The second-order valence-corrected chi connectivity index (χ2v) is 9.54. The van der Waals surface area contributed by atoms with Crippen molar-refractivity contribution in [3.63, 3.8) is 0 Å². The second-order valence-electron chi connectivity index (χ2n) is 9.54. The molecule has 0 spiro atoms. The van der Waals surface area contributed by atoms with Crippen molar-refractivity contribution in [2.75, 3.05) is 33.2 Å². The van der Waals surface area contributed by atoms with Crippen LogP contribution in [0.1, 0.15) is 58.3 Å². The summed E-state index contributed by atoms with van der Waals surface area (Å²) in [5.74, 6) is -0.906. The fourth-order valence-electron chi connectivity index (χ4n) is 4.52. The molecule has 0 saturated carbocycles. The lowest BCUT2D eigenvalue weighted by Gasteiger charge is -2.40. The van der Waals surface area contributed by atoms with Crippen molar-refractivity contribution in [3.05, 3.63) is 52.8 Å². The molecule has 1 unspecified atom stereocenters. The van der Waals surface area contributed by atoms with E-state index in [9.17, 15) is 14.4 Å². The van der Waals surface area contributed by atoms with Crippen molar-refractivity contribution < 1.29 is 14.4 Å². The van der Waals surface area contributed by atoms with Crippen LogP contribution in [-0.2, 0) is 17.9 Å². The molecule has 0 radical (unpaired) electrons. The van der Waals surface area contributed by atoms with Gasteiger partial charge in [0, 0.05) is 32.7 Å². The van der Waals surface area contributed by atoms with Crippen LogP contribution in [0.4, 0.5) is 0 Å². The molecular weight excluding hydrogens is 432 g/mol. The summed E-state index contributed by atoms with van der Waals surface area (Å²) in [6, 6.07) is 9.44. The standard InChI is InChI=1S/C25H34N6O3/c1-18-7-9-19(10-8-18)16-27-24(34)25(2)17-31-21(23(33)29(25)3)15-20(28-31)22(32)26-11-14-30-12-5-4-6-13-30/h7-10,15H,4-6,11-14,16-17H2,1-3H3,(H,26,32)(H,27,34). The molecule has 182 valence electrons. The number of hydrogen-bond donors (Lipinski definition) is 2. The van der Waals surface area contributed by atoms with E-state index in [-0.39, 0.29) is 30.0 Å². The van der Waals surface area contributed by atoms with Gasteiger partial charge in [-0.05, 0) is 45.3 Å². The van der Waals surface area contributed by atoms with Crippen molar-refractivity contribution in [2.24, 2.45) is 0 Å². The number of carbonyl (C=O) groups excluding carboxylic acids is 3. The van der Waals surface area contributed by atoms with E-state index in [1.165, 1.54) is 34.9 Å². The zero-order chi connectivity index (χ0) is 24.3. The Labute approximate surface area is 200 Å². The van der Waals surface area contributed by atoms with Crippen molar-refractivity contribution in [1.29, 1.82) is 0 Å². The molecule has 0 aliphatic carbocycles. The van der Waals surface area contributed by atoms with Gasteiger partial charge in [-0.2, -0.15) is 5.10 Å². The molecule has 1 atom stereocenters. The monoisotopic (exact) mass is 466 g/mol. The minimum absolute atomic E-state index is 0.172. The van der Waals surface area contributed by atoms with Gasteiger partial charge in [0.05, 0.1) is 6.54 Å². The first-order valence-corrected chi connectivity index (χ1v) is 12.0. The number of rotatable bonds is 7. The number of nitrogens with zero attached hydrogens (tertiary/aromatic N) is 4. The van der Waals surface area contributed by atoms with Gasteiger partial charge in [-0.3, -0.25) is 19.1 Å². The van der Waals surface area contributed by atoms with Crippen molar-refractivity contribution in [2.45, 2.75) is 51.7 Å². The molecule has 1 fully saturated rings. The van der Waals surface area contributed by atoms with Gasteiger partial charge in [0.2, 0.25) is 5.91 Å². The normalized spacial score (nSPS) is 20.7. The van der Waals surface area contributed by atoms with Gasteiger partial charge in [-0.1, -0.05) is 36.2 Å². The van der Waals surface area contributed by atoms with E-state index < -0.39 is 5.54 Å². The van der Waals surface area contributed by atoms with E-state index in [0.29, 0.717) is 18.8 Å². The van der Waals surface area contributed by atoms with Gasteiger partial charge in [-0.15, -0.1) is 0 Å². The number of carbonyl (C=O) groups is 3. The largest absolute Gasteiger partial charge is 0.350 e. The van der Waals surface area contributed by atoms with Crippen molar-refractivity contribution in [1.82, 2.24) is 30.2 Å². The van der Waals surface area contributed by atoms with Crippen LogP contribution in [0.15, 0.2) is 30.3 Å². The summed E-state index contributed by atoms with van der Waals surface area (Å²) in [4.78, 5) is 42.6. The lowest BCUT2D eigenvalue weighted by atomic mass is 9.95. The molecule has 1 aromatic carbocycles. The summed E-state index contributed by atoms with van der Waals surface area (Å²) in [6.07, 6.45) is 3.68. The van der Waals surface area contributed by atoms with E-state index in [0.717, 1.165) is 30.8 Å². The number of nitrogens with one attached hydrogen (secondary N) is 2. The van der Waals surface area contributed by atoms with Gasteiger partial charge < -0.3 is 20.4 Å². The van der Waals surface area contributed by atoms with E-state index >= 15 is 0 Å². The molecule has 2 aliphatic heterocycles. The van der Waals surface area contributed by atoms with E-state index in [1.807, 2.05) is 31.2 Å². The zero-order valence-corrected chi connectivity index (χ0v) is 20.3. The first-order chi connectivity index (χ1) is 16.3. The van der Waals surface area contributed by atoms with Crippen LogP contribution in [-0.4, -0.2) is 76.1 Å². The third kappa shape index (κ3) is 4.99. The topological polar surface area (TPSA) is 99.6 Å². The zero-order valence-electron chi connectivity index (χ0n) is 20.3. The maximum Gasteiger partial charge on any atom is 0.272 e. The van der Waals surface area contributed by atoms with Crippen LogP contribution >= 0.6 is 0 Å². The summed E-state index contributed by atoms with van der Waals surface area (Å²) in [5, 5.41) is 10.2. The minimum atomic E-state index is -1.12. The number of benzene rings is 1. The first kappa shape index (κ1) is 23.9. The quantitative estimate of drug-likeness (QED) is 0.645. The Kier molecular flexibility index (Phi) is 7.02. The van der Waals surface area contributed by atoms with E-state index in [1.54, 1.807) is 14.0 Å². The number of fused-ring (bicyclic) bond motifs is 1. The highest BCUT2D eigenvalue weighted by Gasteiger charge is 2.46. The molecule has 3 heterocycles. The highest BCUT2D eigenvalue weighted by molar-refractivity contribution is 6.01.